The highest BCUT2D eigenvalue weighted by Gasteiger charge is 2.50. The van der Waals surface area contributed by atoms with Crippen LogP contribution in [0.1, 0.15) is 60.3 Å². The fourth-order valence-corrected chi connectivity index (χ4v) is 7.97. The largest absolute Gasteiger partial charge is 0.414 e. The fraction of sp³-hybridized carbons (Fsp3) is 0.895. The van der Waals surface area contributed by atoms with Gasteiger partial charge >= 0.3 is 0 Å². The minimum absolute atomic E-state index is 0.264. The molecule has 1 fully saturated rings. The van der Waals surface area contributed by atoms with Crippen molar-refractivity contribution in [3.05, 3.63) is 11.6 Å². The van der Waals surface area contributed by atoms with E-state index in [1.165, 1.54) is 43.0 Å². The summed E-state index contributed by atoms with van der Waals surface area (Å²) in [6.07, 6.45) is 7.82. The van der Waals surface area contributed by atoms with E-state index in [2.05, 4.69) is 40.7 Å². The summed E-state index contributed by atoms with van der Waals surface area (Å²) in [4.78, 5) is 0. The molecule has 2 rings (SSSR count). The Bertz CT molecular complexity index is 394. The third kappa shape index (κ3) is 3.09. The van der Waals surface area contributed by atoms with Gasteiger partial charge in [0, 0.05) is 18.6 Å². The molecule has 0 spiro atoms. The summed E-state index contributed by atoms with van der Waals surface area (Å²) in [5.74, 6) is 0.945. The van der Waals surface area contributed by atoms with Crippen LogP contribution in [0.15, 0.2) is 11.6 Å². The zero-order valence-corrected chi connectivity index (χ0v) is 16.3. The van der Waals surface area contributed by atoms with E-state index in [1.54, 1.807) is 0 Å². The van der Waals surface area contributed by atoms with Crippen molar-refractivity contribution in [1.82, 2.24) is 0 Å². The molecule has 0 aromatic carbocycles. The summed E-state index contributed by atoms with van der Waals surface area (Å²) in [5, 5.41) is 9.60. The number of fused-ring (bicyclic) bond motifs is 1. The number of hydrogen-bond donors (Lipinski definition) is 1. The maximum absolute atomic E-state index is 9.60. The van der Waals surface area contributed by atoms with Gasteiger partial charge in [-0.15, -0.1) is 0 Å². The van der Waals surface area contributed by atoms with Gasteiger partial charge in [0.15, 0.2) is 8.32 Å². The van der Waals surface area contributed by atoms with Gasteiger partial charge in [0.2, 0.25) is 0 Å². The lowest BCUT2D eigenvalue weighted by Gasteiger charge is -2.47. The minimum atomic E-state index is -1.53. The van der Waals surface area contributed by atoms with Crippen molar-refractivity contribution >= 4 is 8.32 Å². The maximum atomic E-state index is 9.60. The second-order valence-corrected chi connectivity index (χ2v) is 12.5. The first-order chi connectivity index (χ1) is 10.5. The summed E-state index contributed by atoms with van der Waals surface area (Å²) < 4.78 is 6.91. The van der Waals surface area contributed by atoms with Crippen molar-refractivity contribution < 1.29 is 9.53 Å². The third-order valence-electron chi connectivity index (χ3n) is 6.84. The van der Waals surface area contributed by atoms with Crippen LogP contribution in [0.25, 0.3) is 0 Å². The molecule has 0 amide bonds. The summed E-state index contributed by atoms with van der Waals surface area (Å²) in [5.41, 5.74) is 1.77. The van der Waals surface area contributed by atoms with Crippen LogP contribution in [-0.2, 0) is 4.43 Å². The average Bonchev–Trinajstić information content (AvgIpc) is 2.90. The SMILES string of the molecule is CC[Si](CC)(CC)OC1CCCC2(C)C(C(C)CO)=CCC12. The van der Waals surface area contributed by atoms with Gasteiger partial charge in [-0.2, -0.15) is 0 Å². The first kappa shape index (κ1) is 18.2. The molecule has 22 heavy (non-hydrogen) atoms. The van der Waals surface area contributed by atoms with E-state index in [0.29, 0.717) is 17.9 Å². The molecule has 1 saturated carbocycles. The summed E-state index contributed by atoms with van der Waals surface area (Å²) in [6.45, 7) is 11.9. The minimum Gasteiger partial charge on any atom is -0.414 e. The highest BCUT2D eigenvalue weighted by atomic mass is 28.4. The van der Waals surface area contributed by atoms with Gasteiger partial charge < -0.3 is 9.53 Å². The molecule has 0 aromatic rings. The first-order valence-electron chi connectivity index (χ1n) is 9.45. The lowest BCUT2D eigenvalue weighted by molar-refractivity contribution is 0.0160. The van der Waals surface area contributed by atoms with Gasteiger partial charge in [-0.3, -0.25) is 0 Å². The van der Waals surface area contributed by atoms with Gasteiger partial charge in [-0.25, -0.2) is 0 Å². The topological polar surface area (TPSA) is 29.5 Å². The number of aliphatic hydroxyl groups excluding tert-OH is 1. The highest BCUT2D eigenvalue weighted by Crippen LogP contribution is 2.55. The Morgan fingerprint density at radius 1 is 1.32 bits per heavy atom. The molecule has 0 radical (unpaired) electrons. The molecule has 0 saturated heterocycles. The molecule has 4 atom stereocenters. The van der Waals surface area contributed by atoms with E-state index in [4.69, 9.17) is 4.43 Å². The third-order valence-corrected chi connectivity index (χ3v) is 11.5. The van der Waals surface area contributed by atoms with E-state index in [-0.39, 0.29) is 12.0 Å². The molecule has 0 bridgehead atoms. The van der Waals surface area contributed by atoms with Crippen molar-refractivity contribution in [2.75, 3.05) is 6.61 Å². The van der Waals surface area contributed by atoms with Crippen LogP contribution in [-0.4, -0.2) is 26.1 Å². The number of rotatable bonds is 7. The van der Waals surface area contributed by atoms with Crippen molar-refractivity contribution in [1.29, 1.82) is 0 Å². The van der Waals surface area contributed by atoms with Crippen LogP contribution < -0.4 is 0 Å². The van der Waals surface area contributed by atoms with Crippen molar-refractivity contribution in [2.24, 2.45) is 17.3 Å². The van der Waals surface area contributed by atoms with E-state index in [0.717, 1.165) is 6.42 Å². The quantitative estimate of drug-likeness (QED) is 0.519. The van der Waals surface area contributed by atoms with Crippen LogP contribution >= 0.6 is 0 Å². The number of allylic oxidation sites excluding steroid dienone is 1. The summed E-state index contributed by atoms with van der Waals surface area (Å²) in [7, 11) is -1.53. The molecule has 0 aliphatic heterocycles. The maximum Gasteiger partial charge on any atom is 0.192 e. The number of hydrogen-bond acceptors (Lipinski definition) is 2. The van der Waals surface area contributed by atoms with Crippen LogP contribution in [0.2, 0.25) is 18.1 Å². The Balaban J connectivity index is 2.17. The molecule has 3 heteroatoms. The molecule has 2 aliphatic carbocycles. The van der Waals surface area contributed by atoms with E-state index in [1.807, 2.05) is 0 Å². The number of aliphatic hydroxyl groups is 1. The smallest absolute Gasteiger partial charge is 0.192 e. The van der Waals surface area contributed by atoms with Crippen molar-refractivity contribution in [2.45, 2.75) is 84.5 Å². The Hall–Kier alpha value is -0.123. The van der Waals surface area contributed by atoms with Crippen LogP contribution in [0.4, 0.5) is 0 Å². The van der Waals surface area contributed by atoms with Crippen LogP contribution in [0.5, 0.6) is 0 Å². The predicted octanol–water partition coefficient (Wildman–Crippen LogP) is 5.14. The Labute approximate surface area is 138 Å². The van der Waals surface area contributed by atoms with Gasteiger partial charge in [0.1, 0.15) is 0 Å². The van der Waals surface area contributed by atoms with Crippen molar-refractivity contribution in [3.8, 4) is 0 Å². The second-order valence-electron chi connectivity index (χ2n) is 7.79. The molecule has 4 unspecified atom stereocenters. The van der Waals surface area contributed by atoms with Gasteiger partial charge in [0.05, 0.1) is 0 Å². The molecule has 0 aromatic heterocycles. The van der Waals surface area contributed by atoms with E-state index < -0.39 is 8.32 Å². The predicted molar refractivity (Wildman–Crippen MR) is 96.5 cm³/mol. The van der Waals surface area contributed by atoms with Crippen LogP contribution in [0, 0.1) is 17.3 Å². The molecule has 2 aliphatic rings. The zero-order valence-electron chi connectivity index (χ0n) is 15.3. The van der Waals surface area contributed by atoms with Gasteiger partial charge in [-0.05, 0) is 48.7 Å². The highest BCUT2D eigenvalue weighted by molar-refractivity contribution is 6.73. The average molecular weight is 325 g/mol. The zero-order chi connectivity index (χ0) is 16.4. The lowest BCUT2D eigenvalue weighted by Crippen LogP contribution is -2.48. The van der Waals surface area contributed by atoms with Crippen LogP contribution in [0.3, 0.4) is 0 Å². The van der Waals surface area contributed by atoms with E-state index >= 15 is 0 Å². The second kappa shape index (κ2) is 7.19. The molecular weight excluding hydrogens is 288 g/mol. The van der Waals surface area contributed by atoms with Gasteiger partial charge in [0.25, 0.3) is 0 Å². The molecule has 2 nitrogen and oxygen atoms in total. The van der Waals surface area contributed by atoms with Crippen molar-refractivity contribution in [3.63, 3.8) is 0 Å². The molecule has 128 valence electrons. The lowest BCUT2D eigenvalue weighted by atomic mass is 9.63. The fourth-order valence-electron chi connectivity index (χ4n) is 5.05. The molecular formula is C19H36O2Si. The van der Waals surface area contributed by atoms with Gasteiger partial charge in [-0.1, -0.05) is 52.7 Å². The Morgan fingerprint density at radius 2 is 1.95 bits per heavy atom. The summed E-state index contributed by atoms with van der Waals surface area (Å²) in [6, 6.07) is 3.73. The monoisotopic (exact) mass is 324 g/mol. The standard InChI is InChI=1S/C19H36O2Si/c1-6-22(7-2,8-3)21-18-10-9-13-19(5)16(15(4)14-20)11-12-17(18)19/h11,15,17-18,20H,6-10,12-14H2,1-5H3. The Kier molecular flexibility index (Phi) is 5.95. The first-order valence-corrected chi connectivity index (χ1v) is 12.0. The molecule has 1 N–H and O–H groups in total. The van der Waals surface area contributed by atoms with E-state index in [9.17, 15) is 5.11 Å². The molecule has 0 heterocycles. The Morgan fingerprint density at radius 3 is 2.50 bits per heavy atom. The normalized spacial score (nSPS) is 33.5. The summed E-state index contributed by atoms with van der Waals surface area (Å²) >= 11 is 0.